The number of ether oxygens (including phenoxy) is 2. The van der Waals surface area contributed by atoms with Crippen LogP contribution in [0.25, 0.3) is 10.4 Å². The topological polar surface area (TPSA) is 77.4 Å². The van der Waals surface area contributed by atoms with Gasteiger partial charge in [-0.25, -0.2) is 9.97 Å². The third-order valence-electron chi connectivity index (χ3n) is 9.25. The van der Waals surface area contributed by atoms with Crippen molar-refractivity contribution in [1.29, 1.82) is 0 Å². The second kappa shape index (κ2) is 17.7. The van der Waals surface area contributed by atoms with Crippen molar-refractivity contribution < 1.29 is 14.3 Å². The minimum Gasteiger partial charge on any atom is -0.495 e. The lowest BCUT2D eigenvalue weighted by Crippen LogP contribution is -2.41. The number of carbonyl (C=O) groups excluding carboxylic acids is 1. The number of aryl methyl sites for hydroxylation is 1. The molecule has 3 heterocycles. The Morgan fingerprint density at radius 1 is 0.933 bits per heavy atom. The van der Waals surface area contributed by atoms with E-state index in [-0.39, 0.29) is 11.8 Å². The smallest absolute Gasteiger partial charge is 0.231 e. The molecule has 0 saturated heterocycles. The summed E-state index contributed by atoms with van der Waals surface area (Å²) in [6, 6.07) is 8.36. The van der Waals surface area contributed by atoms with Crippen LogP contribution in [0.3, 0.4) is 0 Å². The van der Waals surface area contributed by atoms with E-state index >= 15 is 0 Å². The van der Waals surface area contributed by atoms with E-state index in [4.69, 9.17) is 14.7 Å². The lowest BCUT2D eigenvalue weighted by Gasteiger charge is -2.34. The number of thiazole rings is 1. The van der Waals surface area contributed by atoms with Crippen molar-refractivity contribution in [2.45, 2.75) is 110 Å². The monoisotopic (exact) mass is 634 g/mol. The highest BCUT2D eigenvalue weighted by Crippen LogP contribution is 2.44. The van der Waals surface area contributed by atoms with Gasteiger partial charge in [0, 0.05) is 56.1 Å². The predicted octanol–water partition coefficient (Wildman–Crippen LogP) is 9.36. The third kappa shape index (κ3) is 9.58. The Bertz CT molecular complexity index is 1320. The van der Waals surface area contributed by atoms with Crippen LogP contribution in [0.2, 0.25) is 0 Å². The number of hydrogen-bond donors (Lipinski definition) is 0. The molecule has 45 heavy (non-hydrogen) atoms. The van der Waals surface area contributed by atoms with Gasteiger partial charge in [-0.1, -0.05) is 33.1 Å². The van der Waals surface area contributed by atoms with Crippen molar-refractivity contribution in [2.24, 2.45) is 11.8 Å². The van der Waals surface area contributed by atoms with Crippen LogP contribution in [-0.4, -0.2) is 48.2 Å². The summed E-state index contributed by atoms with van der Waals surface area (Å²) in [6.07, 6.45) is 16.4. The third-order valence-corrected chi connectivity index (χ3v) is 10.5. The number of rotatable bonds is 9. The van der Waals surface area contributed by atoms with E-state index in [1.54, 1.807) is 25.6 Å². The fourth-order valence-electron chi connectivity index (χ4n) is 6.44. The fraction of sp³-hybridized carbons (Fsp3) is 0.622. The van der Waals surface area contributed by atoms with Gasteiger partial charge in [0.1, 0.15) is 11.6 Å². The summed E-state index contributed by atoms with van der Waals surface area (Å²) in [5, 5.41) is 1.25. The maximum Gasteiger partial charge on any atom is 0.231 e. The Morgan fingerprint density at radius 2 is 1.62 bits per heavy atom. The first kappa shape index (κ1) is 35.0. The molecule has 246 valence electrons. The first-order chi connectivity index (χ1) is 22.0. The summed E-state index contributed by atoms with van der Waals surface area (Å²) in [6.45, 7) is 9.55. The predicted molar refractivity (Wildman–Crippen MR) is 185 cm³/mol. The average molecular weight is 635 g/mol. The van der Waals surface area contributed by atoms with Crippen LogP contribution >= 0.6 is 11.3 Å². The first-order valence-corrected chi connectivity index (χ1v) is 18.1. The van der Waals surface area contributed by atoms with Gasteiger partial charge in [0.05, 0.1) is 22.7 Å². The van der Waals surface area contributed by atoms with E-state index in [9.17, 15) is 4.79 Å². The van der Waals surface area contributed by atoms with Gasteiger partial charge < -0.3 is 9.47 Å². The first-order valence-electron chi connectivity index (χ1n) is 17.2. The molecule has 3 saturated carbocycles. The molecular formula is C37H54N4O3S. The molecule has 8 heteroatoms. The van der Waals surface area contributed by atoms with E-state index in [2.05, 4.69) is 27.9 Å². The van der Waals surface area contributed by atoms with Crippen LogP contribution in [0.15, 0.2) is 36.7 Å². The van der Waals surface area contributed by atoms with Crippen LogP contribution < -0.4 is 9.64 Å². The Labute approximate surface area is 275 Å². The molecule has 3 fully saturated rings. The summed E-state index contributed by atoms with van der Waals surface area (Å²) in [4.78, 5) is 31.5. The zero-order valence-corrected chi connectivity index (χ0v) is 29.2. The van der Waals surface area contributed by atoms with Gasteiger partial charge in [0.2, 0.25) is 5.91 Å². The molecule has 0 aromatic carbocycles. The molecule has 0 unspecified atom stereocenters. The molecule has 0 radical (unpaired) electrons. The number of hydrogen-bond acceptors (Lipinski definition) is 7. The van der Waals surface area contributed by atoms with Crippen molar-refractivity contribution in [3.05, 3.63) is 53.1 Å². The van der Waals surface area contributed by atoms with Crippen molar-refractivity contribution in [3.8, 4) is 16.2 Å². The molecular weight excluding hydrogens is 580 g/mol. The number of amides is 1. The fourth-order valence-corrected chi connectivity index (χ4v) is 7.52. The van der Waals surface area contributed by atoms with Crippen LogP contribution in [0, 0.1) is 18.8 Å². The van der Waals surface area contributed by atoms with Gasteiger partial charge in [-0.05, 0) is 101 Å². The van der Waals surface area contributed by atoms with Crippen LogP contribution in [0.5, 0.6) is 5.75 Å². The summed E-state index contributed by atoms with van der Waals surface area (Å²) in [5.41, 5.74) is 3.25. The van der Waals surface area contributed by atoms with Crippen LogP contribution in [0.1, 0.15) is 120 Å². The standard InChI is InChI=1S/C32H40N4O2S.C3H8O.C2H6/c1-21-28(38-2)15-14-27(35-21)23-10-8-22(9-11-23)20-36(32(37)25-6-4-3-5-7-25)30-18-26(16-17-33-30)29-19-34-31(39-29)24-12-13-24;1-3-4-2;1-2/h14-19,22-25H,3-13,20H2,1-2H3;3H2,1-2H3;1-2H3. The molecule has 3 aromatic heterocycles. The maximum absolute atomic E-state index is 14.0. The number of anilines is 1. The zero-order valence-electron chi connectivity index (χ0n) is 28.4. The second-order valence-corrected chi connectivity index (χ2v) is 13.4. The molecule has 3 aromatic rings. The lowest BCUT2D eigenvalue weighted by molar-refractivity contribution is -0.123. The summed E-state index contributed by atoms with van der Waals surface area (Å²) in [7, 11) is 3.38. The molecule has 3 aliphatic rings. The molecule has 7 nitrogen and oxygen atoms in total. The van der Waals surface area contributed by atoms with Crippen molar-refractivity contribution in [1.82, 2.24) is 15.0 Å². The molecule has 1 amide bonds. The van der Waals surface area contributed by atoms with Gasteiger partial charge >= 0.3 is 0 Å². The summed E-state index contributed by atoms with van der Waals surface area (Å²) >= 11 is 1.79. The van der Waals surface area contributed by atoms with Gasteiger partial charge in [-0.3, -0.25) is 14.7 Å². The van der Waals surface area contributed by atoms with Crippen LogP contribution in [-0.2, 0) is 9.53 Å². The molecule has 0 aliphatic heterocycles. The van der Waals surface area contributed by atoms with Gasteiger partial charge in [-0.15, -0.1) is 11.3 Å². The minimum absolute atomic E-state index is 0.122. The van der Waals surface area contributed by atoms with Gasteiger partial charge in [0.25, 0.3) is 0 Å². The highest BCUT2D eigenvalue weighted by atomic mass is 32.1. The summed E-state index contributed by atoms with van der Waals surface area (Å²) < 4.78 is 9.95. The van der Waals surface area contributed by atoms with E-state index in [1.165, 1.54) is 34.8 Å². The number of aromatic nitrogens is 3. The Kier molecular flexibility index (Phi) is 13.8. The Hall–Kier alpha value is -2.84. The Morgan fingerprint density at radius 3 is 2.24 bits per heavy atom. The second-order valence-electron chi connectivity index (χ2n) is 12.3. The quantitative estimate of drug-likeness (QED) is 0.233. The van der Waals surface area contributed by atoms with E-state index in [0.29, 0.717) is 17.8 Å². The average Bonchev–Trinajstić information content (AvgIpc) is 3.84. The summed E-state index contributed by atoms with van der Waals surface area (Å²) in [5.74, 6) is 3.65. The van der Waals surface area contributed by atoms with Gasteiger partial charge in [-0.2, -0.15) is 0 Å². The Balaban J connectivity index is 0.000000713. The van der Waals surface area contributed by atoms with Crippen molar-refractivity contribution >= 4 is 23.1 Å². The largest absolute Gasteiger partial charge is 0.495 e. The molecule has 0 N–H and O–H groups in total. The van der Waals surface area contributed by atoms with E-state index in [0.717, 1.165) is 87.3 Å². The zero-order chi connectivity index (χ0) is 32.2. The van der Waals surface area contributed by atoms with Crippen molar-refractivity contribution in [2.75, 3.05) is 32.3 Å². The van der Waals surface area contributed by atoms with E-state index < -0.39 is 0 Å². The SMILES string of the molecule is CC.CCOC.COc1ccc(C2CCC(CN(C(=O)C3CCCCC3)c3cc(-c4cnc(C5CC5)s4)ccn3)CC2)nc1C. The molecule has 0 atom stereocenters. The van der Waals surface area contributed by atoms with E-state index in [1.807, 2.05) is 51.1 Å². The number of carbonyl (C=O) groups is 1. The molecule has 0 spiro atoms. The highest BCUT2D eigenvalue weighted by molar-refractivity contribution is 7.15. The number of methoxy groups -OCH3 is 2. The lowest BCUT2D eigenvalue weighted by atomic mass is 9.79. The number of pyridine rings is 2. The molecule has 6 rings (SSSR count). The number of nitrogens with zero attached hydrogens (tertiary/aromatic N) is 4. The maximum atomic E-state index is 14.0. The minimum atomic E-state index is 0.122. The van der Waals surface area contributed by atoms with Gasteiger partial charge in [0.15, 0.2) is 0 Å². The molecule has 3 aliphatic carbocycles. The van der Waals surface area contributed by atoms with Crippen molar-refractivity contribution in [3.63, 3.8) is 0 Å². The molecule has 0 bridgehead atoms. The van der Waals surface area contributed by atoms with Crippen LogP contribution in [0.4, 0.5) is 5.82 Å². The normalized spacial score (nSPS) is 19.9. The highest BCUT2D eigenvalue weighted by Gasteiger charge is 2.32.